The summed E-state index contributed by atoms with van der Waals surface area (Å²) in [6.45, 7) is 0. The highest BCUT2D eigenvalue weighted by atomic mass is 79.9. The Labute approximate surface area is 233 Å². The summed E-state index contributed by atoms with van der Waals surface area (Å²) in [6, 6.07) is 47.1. The van der Waals surface area contributed by atoms with Crippen LogP contribution in [-0.4, -0.2) is 4.57 Å². The average Bonchev–Trinajstić information content (AvgIpc) is 3.55. The molecule has 0 saturated carbocycles. The molecule has 0 radical (unpaired) electrons. The van der Waals surface area contributed by atoms with E-state index in [1.54, 1.807) is 0 Å². The van der Waals surface area contributed by atoms with E-state index in [1.165, 1.54) is 33.0 Å². The van der Waals surface area contributed by atoms with Crippen LogP contribution in [-0.2, 0) is 0 Å². The number of hydrogen-bond acceptors (Lipinski definition) is 1. The minimum absolute atomic E-state index is 0.888. The first-order valence-corrected chi connectivity index (χ1v) is 13.9. The quantitative estimate of drug-likeness (QED) is 0.209. The predicted molar refractivity (Wildman–Crippen MR) is 167 cm³/mol. The van der Waals surface area contributed by atoms with Gasteiger partial charge in [-0.25, -0.2) is 0 Å². The molecule has 8 aromatic rings. The number of hydrogen-bond donors (Lipinski definition) is 0. The predicted octanol–water partition coefficient (Wildman–Crippen LogP) is 10.8. The van der Waals surface area contributed by atoms with E-state index in [9.17, 15) is 0 Å². The fourth-order valence-corrected chi connectivity index (χ4v) is 6.61. The zero-order valence-corrected chi connectivity index (χ0v) is 22.5. The molecule has 39 heavy (non-hydrogen) atoms. The number of aromatic nitrogens is 1. The van der Waals surface area contributed by atoms with E-state index in [0.29, 0.717) is 0 Å². The molecule has 0 bridgehead atoms. The van der Waals surface area contributed by atoms with Crippen molar-refractivity contribution in [1.82, 2.24) is 4.57 Å². The zero-order valence-electron chi connectivity index (χ0n) is 20.9. The van der Waals surface area contributed by atoms with Crippen LogP contribution in [0.4, 0.5) is 0 Å². The molecule has 0 aliphatic carbocycles. The van der Waals surface area contributed by atoms with Gasteiger partial charge in [0.2, 0.25) is 0 Å². The van der Waals surface area contributed by atoms with Crippen molar-refractivity contribution < 1.29 is 4.42 Å². The number of benzene rings is 6. The Bertz CT molecular complexity index is 2190. The second-order valence-corrected chi connectivity index (χ2v) is 10.7. The van der Waals surface area contributed by atoms with Crippen molar-refractivity contribution >= 4 is 59.7 Å². The first-order valence-electron chi connectivity index (χ1n) is 13.1. The fraction of sp³-hybridized carbons (Fsp3) is 0. The molecule has 8 rings (SSSR count). The maximum absolute atomic E-state index is 6.71. The van der Waals surface area contributed by atoms with Crippen LogP contribution in [0.2, 0.25) is 0 Å². The van der Waals surface area contributed by atoms with Gasteiger partial charge in [0.1, 0.15) is 5.58 Å². The lowest BCUT2D eigenvalue weighted by Gasteiger charge is -2.14. The Kier molecular flexibility index (Phi) is 5.01. The zero-order chi connectivity index (χ0) is 25.9. The fourth-order valence-electron chi connectivity index (χ4n) is 6.04. The molecule has 3 heteroatoms. The van der Waals surface area contributed by atoms with Crippen molar-refractivity contribution in [1.29, 1.82) is 0 Å². The average molecular weight is 564 g/mol. The summed E-state index contributed by atoms with van der Waals surface area (Å²) in [5.41, 5.74) is 9.87. The number of rotatable bonds is 3. The van der Waals surface area contributed by atoms with Crippen molar-refractivity contribution in [2.24, 2.45) is 0 Å². The summed E-state index contributed by atoms with van der Waals surface area (Å²) in [5, 5.41) is 4.67. The van der Waals surface area contributed by atoms with Crippen LogP contribution in [0.15, 0.2) is 142 Å². The second-order valence-electron chi connectivity index (χ2n) is 9.83. The Morgan fingerprint density at radius 2 is 1.18 bits per heavy atom. The van der Waals surface area contributed by atoms with Gasteiger partial charge in [-0.1, -0.05) is 119 Å². The van der Waals surface area contributed by atoms with Gasteiger partial charge in [-0.15, -0.1) is 0 Å². The Morgan fingerprint density at radius 1 is 0.487 bits per heavy atom. The molecular weight excluding hydrogens is 542 g/mol. The highest BCUT2D eigenvalue weighted by molar-refractivity contribution is 9.10. The molecule has 0 N–H and O–H groups in total. The Morgan fingerprint density at radius 3 is 2.05 bits per heavy atom. The third-order valence-electron chi connectivity index (χ3n) is 7.70. The van der Waals surface area contributed by atoms with Gasteiger partial charge in [-0.05, 0) is 52.6 Å². The molecule has 0 saturated heterocycles. The van der Waals surface area contributed by atoms with Gasteiger partial charge in [-0.2, -0.15) is 0 Å². The van der Waals surface area contributed by atoms with Crippen LogP contribution >= 0.6 is 15.9 Å². The molecule has 0 aliphatic rings. The Balaban J connectivity index is 1.51. The molecule has 0 spiro atoms. The van der Waals surface area contributed by atoms with Gasteiger partial charge in [0, 0.05) is 26.0 Å². The summed E-state index contributed by atoms with van der Waals surface area (Å²) >= 11 is 3.82. The topological polar surface area (TPSA) is 18.1 Å². The highest BCUT2D eigenvalue weighted by Gasteiger charge is 2.22. The molecule has 0 unspecified atom stereocenters. The van der Waals surface area contributed by atoms with E-state index in [4.69, 9.17) is 4.42 Å². The van der Waals surface area contributed by atoms with E-state index in [-0.39, 0.29) is 0 Å². The van der Waals surface area contributed by atoms with E-state index in [1.807, 2.05) is 6.07 Å². The van der Waals surface area contributed by atoms with Gasteiger partial charge < -0.3 is 8.98 Å². The normalized spacial score (nSPS) is 11.7. The van der Waals surface area contributed by atoms with E-state index >= 15 is 0 Å². The molecule has 0 fully saturated rings. The maximum atomic E-state index is 6.71. The van der Waals surface area contributed by atoms with Crippen molar-refractivity contribution in [2.75, 3.05) is 0 Å². The van der Waals surface area contributed by atoms with Gasteiger partial charge in [0.25, 0.3) is 0 Å². The van der Waals surface area contributed by atoms with E-state index < -0.39 is 0 Å². The number of nitrogens with zero attached hydrogens (tertiary/aromatic N) is 1. The smallest absolute Gasteiger partial charge is 0.160 e. The lowest BCUT2D eigenvalue weighted by molar-refractivity contribution is 0.666. The molecule has 0 aliphatic heterocycles. The Hall–Kier alpha value is -4.60. The molecule has 2 heterocycles. The summed E-state index contributed by atoms with van der Waals surface area (Å²) in [4.78, 5) is 0. The van der Waals surface area contributed by atoms with Crippen molar-refractivity contribution in [3.8, 4) is 27.9 Å². The maximum Gasteiger partial charge on any atom is 0.160 e. The SMILES string of the molecule is Brc1cccc2c1c1ccccc1n2-c1ccc(-c2ccccc2-c2ccccc2)c2c1oc1ccccc12. The molecule has 0 atom stereocenters. The number of fused-ring (bicyclic) bond motifs is 6. The number of furan rings is 1. The van der Waals surface area contributed by atoms with Gasteiger partial charge in [0.15, 0.2) is 5.58 Å². The van der Waals surface area contributed by atoms with E-state index in [0.717, 1.165) is 43.1 Å². The summed E-state index contributed by atoms with van der Waals surface area (Å²) in [6.07, 6.45) is 0. The van der Waals surface area contributed by atoms with Crippen LogP contribution in [0, 0.1) is 0 Å². The van der Waals surface area contributed by atoms with Crippen molar-refractivity contribution in [3.05, 3.63) is 138 Å². The summed E-state index contributed by atoms with van der Waals surface area (Å²) in [5.74, 6) is 0. The van der Waals surface area contributed by atoms with Gasteiger partial charge in [0.05, 0.1) is 16.7 Å². The van der Waals surface area contributed by atoms with Crippen LogP contribution in [0.5, 0.6) is 0 Å². The lowest BCUT2D eigenvalue weighted by atomic mass is 9.91. The molecule has 184 valence electrons. The molecular formula is C36H22BrNO. The lowest BCUT2D eigenvalue weighted by Crippen LogP contribution is -1.95. The molecule has 0 amide bonds. The van der Waals surface area contributed by atoms with Crippen LogP contribution in [0.25, 0.3) is 71.7 Å². The third kappa shape index (κ3) is 3.33. The van der Waals surface area contributed by atoms with E-state index in [2.05, 4.69) is 148 Å². The van der Waals surface area contributed by atoms with Gasteiger partial charge >= 0.3 is 0 Å². The number of halogens is 1. The standard InChI is InChI=1S/C36H22BrNO/c37-29-17-10-19-31-35(29)27-15-6-8-18-30(27)38(31)32-22-21-26(34-28-16-7-9-20-33(28)39-36(32)34)25-14-5-4-13-24(25)23-11-2-1-3-12-23/h1-22H. The molecule has 6 aromatic carbocycles. The first-order chi connectivity index (χ1) is 19.3. The third-order valence-corrected chi connectivity index (χ3v) is 8.36. The van der Waals surface area contributed by atoms with Crippen LogP contribution in [0.1, 0.15) is 0 Å². The molecule has 2 nitrogen and oxygen atoms in total. The largest absolute Gasteiger partial charge is 0.454 e. The van der Waals surface area contributed by atoms with Crippen LogP contribution in [0.3, 0.4) is 0 Å². The summed E-state index contributed by atoms with van der Waals surface area (Å²) < 4.78 is 10.1. The minimum Gasteiger partial charge on any atom is -0.454 e. The first kappa shape index (κ1) is 22.4. The summed E-state index contributed by atoms with van der Waals surface area (Å²) in [7, 11) is 0. The molecule has 2 aromatic heterocycles. The monoisotopic (exact) mass is 563 g/mol. The number of para-hydroxylation sites is 2. The highest BCUT2D eigenvalue weighted by Crippen LogP contribution is 2.45. The van der Waals surface area contributed by atoms with Crippen molar-refractivity contribution in [2.45, 2.75) is 0 Å². The van der Waals surface area contributed by atoms with Crippen LogP contribution < -0.4 is 0 Å². The minimum atomic E-state index is 0.888. The second kappa shape index (κ2) is 8.72. The van der Waals surface area contributed by atoms with Crippen molar-refractivity contribution in [3.63, 3.8) is 0 Å². The van der Waals surface area contributed by atoms with Gasteiger partial charge in [-0.3, -0.25) is 0 Å².